The highest BCUT2D eigenvalue weighted by Gasteiger charge is 2.46. The summed E-state index contributed by atoms with van der Waals surface area (Å²) in [7, 11) is 0. The van der Waals surface area contributed by atoms with Crippen LogP contribution in [0, 0.1) is 19.3 Å². The van der Waals surface area contributed by atoms with Gasteiger partial charge in [-0.25, -0.2) is 0 Å². The van der Waals surface area contributed by atoms with Crippen molar-refractivity contribution in [2.75, 3.05) is 32.8 Å². The van der Waals surface area contributed by atoms with Gasteiger partial charge in [0.15, 0.2) is 0 Å². The molecule has 0 aliphatic carbocycles. The number of aryl methyl sites for hydroxylation is 2. The molecule has 2 aliphatic heterocycles. The number of aromatic nitrogens is 1. The lowest BCUT2D eigenvalue weighted by Crippen LogP contribution is -2.41. The van der Waals surface area contributed by atoms with Crippen molar-refractivity contribution in [3.63, 3.8) is 0 Å². The Balaban J connectivity index is 1.51. The summed E-state index contributed by atoms with van der Waals surface area (Å²) in [5.41, 5.74) is 3.03. The maximum absolute atomic E-state index is 12.9. The van der Waals surface area contributed by atoms with Gasteiger partial charge in [0, 0.05) is 43.1 Å². The van der Waals surface area contributed by atoms with Crippen molar-refractivity contribution in [3.8, 4) is 0 Å². The van der Waals surface area contributed by atoms with Gasteiger partial charge in [0.05, 0.1) is 25.5 Å². The van der Waals surface area contributed by atoms with Crippen molar-refractivity contribution in [1.29, 1.82) is 0 Å². The van der Waals surface area contributed by atoms with Gasteiger partial charge >= 0.3 is 0 Å². The van der Waals surface area contributed by atoms with E-state index in [1.807, 2.05) is 24.8 Å². The smallest absolute Gasteiger partial charge is 0.223 e. The number of benzene rings is 1. The summed E-state index contributed by atoms with van der Waals surface area (Å²) in [5, 5.41) is 4.03. The summed E-state index contributed by atoms with van der Waals surface area (Å²) in [6.45, 7) is 10.5. The minimum atomic E-state index is -0.157. The van der Waals surface area contributed by atoms with Crippen LogP contribution in [0.1, 0.15) is 42.0 Å². The molecule has 6 heteroatoms. The Morgan fingerprint density at radius 3 is 2.71 bits per heavy atom. The van der Waals surface area contributed by atoms with Crippen molar-refractivity contribution in [3.05, 3.63) is 52.9 Å². The summed E-state index contributed by atoms with van der Waals surface area (Å²) in [5.74, 6) is 0.987. The lowest BCUT2D eigenvalue weighted by molar-refractivity contribution is -0.128. The number of amides is 1. The van der Waals surface area contributed by atoms with Crippen molar-refractivity contribution >= 4 is 5.91 Å². The van der Waals surface area contributed by atoms with Crippen LogP contribution in [0.5, 0.6) is 0 Å². The van der Waals surface area contributed by atoms with Crippen LogP contribution in [0.25, 0.3) is 0 Å². The second-order valence-corrected chi connectivity index (χ2v) is 8.34. The first-order chi connectivity index (χ1) is 13.5. The van der Waals surface area contributed by atoms with Crippen molar-refractivity contribution in [2.45, 2.75) is 39.8 Å². The van der Waals surface area contributed by atoms with Crippen LogP contribution in [-0.4, -0.2) is 53.7 Å². The maximum atomic E-state index is 12.9. The van der Waals surface area contributed by atoms with Gasteiger partial charge in [0.25, 0.3) is 0 Å². The summed E-state index contributed by atoms with van der Waals surface area (Å²) >= 11 is 0. The SMILES string of the molecule is Cc1noc(C)c1CN1C[C@]2(COCCN([C@H](C)c3ccccc3)C2)CC1=O. The van der Waals surface area contributed by atoms with E-state index in [9.17, 15) is 4.79 Å². The van der Waals surface area contributed by atoms with E-state index in [1.165, 1.54) is 5.56 Å². The molecule has 0 saturated carbocycles. The number of rotatable bonds is 4. The molecule has 2 fully saturated rings. The van der Waals surface area contributed by atoms with Crippen LogP contribution in [0.15, 0.2) is 34.9 Å². The Morgan fingerprint density at radius 1 is 1.21 bits per heavy atom. The van der Waals surface area contributed by atoms with Gasteiger partial charge in [-0.2, -0.15) is 0 Å². The van der Waals surface area contributed by atoms with Gasteiger partial charge < -0.3 is 14.2 Å². The molecule has 1 amide bonds. The van der Waals surface area contributed by atoms with E-state index in [1.54, 1.807) is 0 Å². The Kier molecular flexibility index (Phi) is 5.25. The monoisotopic (exact) mass is 383 g/mol. The number of nitrogens with zero attached hydrogens (tertiary/aromatic N) is 3. The van der Waals surface area contributed by atoms with E-state index in [0.717, 1.165) is 30.1 Å². The molecule has 4 rings (SSSR count). The van der Waals surface area contributed by atoms with Gasteiger partial charge in [-0.05, 0) is 26.3 Å². The van der Waals surface area contributed by atoms with Crippen molar-refractivity contribution in [2.24, 2.45) is 5.41 Å². The third-order valence-electron chi connectivity index (χ3n) is 6.23. The molecule has 1 spiro atoms. The van der Waals surface area contributed by atoms with Gasteiger partial charge in [0.2, 0.25) is 5.91 Å². The maximum Gasteiger partial charge on any atom is 0.223 e. The molecule has 2 saturated heterocycles. The van der Waals surface area contributed by atoms with Gasteiger partial charge in [0.1, 0.15) is 5.76 Å². The quantitative estimate of drug-likeness (QED) is 0.812. The standard InChI is InChI=1S/C22H29N3O3/c1-16-20(18(3)28-23-16)12-25-14-22(11-21(25)26)13-24(9-10-27-15-22)17(2)19-7-5-4-6-8-19/h4-8,17H,9-15H2,1-3H3/t17-,22+/m1/s1. The first-order valence-corrected chi connectivity index (χ1v) is 10.0. The Morgan fingerprint density at radius 2 is 2.00 bits per heavy atom. The second kappa shape index (κ2) is 7.68. The number of hydrogen-bond acceptors (Lipinski definition) is 5. The molecule has 0 bridgehead atoms. The average Bonchev–Trinajstić information content (AvgIpc) is 3.08. The minimum absolute atomic E-state index is 0.157. The zero-order valence-electron chi connectivity index (χ0n) is 17.0. The number of likely N-dealkylation sites (tertiary alicyclic amines) is 1. The number of carbonyl (C=O) groups excluding carboxylic acids is 1. The molecule has 6 nitrogen and oxygen atoms in total. The Labute approximate surface area is 166 Å². The van der Waals surface area contributed by atoms with Gasteiger partial charge in [-0.15, -0.1) is 0 Å². The molecule has 0 N–H and O–H groups in total. The molecule has 2 aliphatic rings. The minimum Gasteiger partial charge on any atom is -0.379 e. The molecule has 2 atom stereocenters. The fraction of sp³-hybridized carbons (Fsp3) is 0.545. The van der Waals surface area contributed by atoms with Crippen LogP contribution in [0.3, 0.4) is 0 Å². The molecule has 0 unspecified atom stereocenters. The molecule has 3 heterocycles. The largest absolute Gasteiger partial charge is 0.379 e. The second-order valence-electron chi connectivity index (χ2n) is 8.34. The van der Waals surface area contributed by atoms with E-state index in [2.05, 4.69) is 41.2 Å². The highest BCUT2D eigenvalue weighted by atomic mass is 16.5. The van der Waals surface area contributed by atoms with Crippen LogP contribution in [0.2, 0.25) is 0 Å². The fourth-order valence-electron chi connectivity index (χ4n) is 4.55. The zero-order chi connectivity index (χ0) is 19.7. The molecular weight excluding hydrogens is 354 g/mol. The summed E-state index contributed by atoms with van der Waals surface area (Å²) in [4.78, 5) is 17.3. The van der Waals surface area contributed by atoms with Gasteiger partial charge in [-0.1, -0.05) is 35.5 Å². The zero-order valence-corrected chi connectivity index (χ0v) is 17.0. The van der Waals surface area contributed by atoms with E-state index >= 15 is 0 Å². The highest BCUT2D eigenvalue weighted by Crippen LogP contribution is 2.37. The number of carbonyl (C=O) groups is 1. The van der Waals surface area contributed by atoms with E-state index in [4.69, 9.17) is 9.26 Å². The molecule has 28 heavy (non-hydrogen) atoms. The summed E-state index contributed by atoms with van der Waals surface area (Å²) in [6.07, 6.45) is 0.536. The number of hydrogen-bond donors (Lipinski definition) is 0. The van der Waals surface area contributed by atoms with Gasteiger partial charge in [-0.3, -0.25) is 9.69 Å². The van der Waals surface area contributed by atoms with Crippen LogP contribution in [0.4, 0.5) is 0 Å². The lowest BCUT2D eigenvalue weighted by atomic mass is 9.86. The van der Waals surface area contributed by atoms with E-state index < -0.39 is 0 Å². The fourth-order valence-corrected chi connectivity index (χ4v) is 4.55. The average molecular weight is 383 g/mol. The third kappa shape index (κ3) is 3.71. The van der Waals surface area contributed by atoms with Crippen LogP contribution < -0.4 is 0 Å². The predicted molar refractivity (Wildman–Crippen MR) is 106 cm³/mol. The van der Waals surface area contributed by atoms with Crippen molar-refractivity contribution < 1.29 is 14.1 Å². The summed E-state index contributed by atoms with van der Waals surface area (Å²) in [6, 6.07) is 10.9. The molecule has 1 aromatic heterocycles. The lowest BCUT2D eigenvalue weighted by Gasteiger charge is -2.35. The first kappa shape index (κ1) is 19.2. The van der Waals surface area contributed by atoms with Crippen LogP contribution in [-0.2, 0) is 16.1 Å². The number of ether oxygens (including phenoxy) is 1. The molecule has 0 radical (unpaired) electrons. The molecule has 1 aromatic carbocycles. The highest BCUT2D eigenvalue weighted by molar-refractivity contribution is 5.79. The molecule has 2 aromatic rings. The van der Waals surface area contributed by atoms with Crippen molar-refractivity contribution in [1.82, 2.24) is 15.0 Å². The third-order valence-corrected chi connectivity index (χ3v) is 6.23. The predicted octanol–water partition coefficient (Wildman–Crippen LogP) is 3.10. The van der Waals surface area contributed by atoms with E-state index in [-0.39, 0.29) is 11.3 Å². The molecule has 150 valence electrons. The molecular formula is C22H29N3O3. The summed E-state index contributed by atoms with van der Waals surface area (Å²) < 4.78 is 11.3. The topological polar surface area (TPSA) is 58.8 Å². The normalized spacial score (nSPS) is 24.7. The first-order valence-electron chi connectivity index (χ1n) is 10.0. The Bertz CT molecular complexity index is 815. The van der Waals surface area contributed by atoms with Crippen LogP contribution >= 0.6 is 0 Å². The van der Waals surface area contributed by atoms with E-state index in [0.29, 0.717) is 38.8 Å². The Hall–Kier alpha value is -2.18.